The predicted molar refractivity (Wildman–Crippen MR) is 68.4 cm³/mol. The zero-order valence-electron chi connectivity index (χ0n) is 11.6. The number of hydrogen-bond donors (Lipinski definition) is 2. The lowest BCUT2D eigenvalue weighted by Crippen LogP contribution is -2.55. The maximum atomic E-state index is 12.6. The van der Waals surface area contributed by atoms with Gasteiger partial charge in [-0.25, -0.2) is 0 Å². The molecule has 1 fully saturated rings. The van der Waals surface area contributed by atoms with Gasteiger partial charge in [-0.3, -0.25) is 14.7 Å². The highest BCUT2D eigenvalue weighted by atomic mass is 19.4. The number of nitrogens with zero attached hydrogens (tertiary/aromatic N) is 2. The molecule has 22 heavy (non-hydrogen) atoms. The van der Waals surface area contributed by atoms with Crippen molar-refractivity contribution in [3.05, 3.63) is 17.5 Å². The number of fused-ring (bicyclic) bond motifs is 1. The van der Waals surface area contributed by atoms with Crippen LogP contribution in [0.2, 0.25) is 0 Å². The molecular weight excluding hydrogens is 301 g/mol. The molecule has 0 bridgehead atoms. The zero-order chi connectivity index (χ0) is 15.9. The zero-order valence-corrected chi connectivity index (χ0v) is 11.6. The normalized spacial score (nSPS) is 25.6. The molecule has 1 aromatic heterocycles. The lowest BCUT2D eigenvalue weighted by molar-refractivity contribution is -0.172. The van der Waals surface area contributed by atoms with Crippen LogP contribution < -0.4 is 5.32 Å². The Morgan fingerprint density at radius 1 is 1.36 bits per heavy atom. The smallest absolute Gasteiger partial charge is 0.344 e. The molecule has 0 radical (unpaired) electrons. The average molecular weight is 316 g/mol. The van der Waals surface area contributed by atoms with Crippen molar-refractivity contribution in [3.8, 4) is 0 Å². The van der Waals surface area contributed by atoms with E-state index in [4.69, 9.17) is 0 Å². The van der Waals surface area contributed by atoms with Crippen LogP contribution >= 0.6 is 0 Å². The van der Waals surface area contributed by atoms with Gasteiger partial charge in [0.05, 0.1) is 6.20 Å². The topological polar surface area (TPSA) is 78.1 Å². The number of aromatic nitrogens is 2. The third kappa shape index (κ3) is 2.67. The highest BCUT2D eigenvalue weighted by Crippen LogP contribution is 2.30. The molecule has 0 spiro atoms. The van der Waals surface area contributed by atoms with Gasteiger partial charge >= 0.3 is 6.18 Å². The van der Waals surface area contributed by atoms with Crippen LogP contribution in [-0.2, 0) is 22.6 Å². The Hall–Kier alpha value is -2.06. The average Bonchev–Trinajstić information content (AvgIpc) is 2.92. The number of nitrogens with one attached hydrogen (secondary N) is 2. The van der Waals surface area contributed by atoms with Gasteiger partial charge in [0.15, 0.2) is 0 Å². The number of H-pyrrole nitrogens is 1. The first-order chi connectivity index (χ1) is 10.4. The van der Waals surface area contributed by atoms with Gasteiger partial charge in [-0.05, 0) is 12.8 Å². The van der Waals surface area contributed by atoms with Crippen LogP contribution in [0.1, 0.15) is 24.1 Å². The quantitative estimate of drug-likeness (QED) is 0.751. The van der Waals surface area contributed by atoms with Gasteiger partial charge < -0.3 is 10.2 Å². The second kappa shape index (κ2) is 5.29. The van der Waals surface area contributed by atoms with E-state index < -0.39 is 30.0 Å². The standard InChI is InChI=1S/C13H15F3N4O2/c14-13(15,16)10-2-1-8(11(21)18-10)12(22)20-4-3-9-7(6-20)5-17-19-9/h5,8,10H,1-4,6H2,(H,17,19)(H,18,21). The molecule has 1 aromatic rings. The fourth-order valence-electron chi connectivity index (χ4n) is 2.92. The van der Waals surface area contributed by atoms with Crippen LogP contribution in [0.25, 0.3) is 0 Å². The highest BCUT2D eigenvalue weighted by Gasteiger charge is 2.46. The Balaban J connectivity index is 1.66. The second-order valence-electron chi connectivity index (χ2n) is 5.62. The van der Waals surface area contributed by atoms with E-state index in [1.54, 1.807) is 6.20 Å². The number of piperidine rings is 1. The summed E-state index contributed by atoms with van der Waals surface area (Å²) in [5, 5.41) is 8.64. The third-order valence-corrected chi connectivity index (χ3v) is 4.18. The lowest BCUT2D eigenvalue weighted by atomic mass is 9.91. The number of hydrogen-bond acceptors (Lipinski definition) is 3. The Morgan fingerprint density at radius 3 is 2.82 bits per heavy atom. The summed E-state index contributed by atoms with van der Waals surface area (Å²) in [5.74, 6) is -2.28. The maximum absolute atomic E-state index is 12.6. The van der Waals surface area contributed by atoms with E-state index in [0.29, 0.717) is 19.5 Å². The molecule has 1 saturated heterocycles. The first-order valence-electron chi connectivity index (χ1n) is 7.03. The fraction of sp³-hybridized carbons (Fsp3) is 0.615. The van der Waals surface area contributed by atoms with E-state index in [1.807, 2.05) is 5.32 Å². The summed E-state index contributed by atoms with van der Waals surface area (Å²) in [6.07, 6.45) is -2.60. The number of alkyl halides is 3. The molecule has 120 valence electrons. The molecule has 3 rings (SSSR count). The van der Waals surface area contributed by atoms with Gasteiger partial charge in [0, 0.05) is 30.8 Å². The Bertz CT molecular complexity index is 598. The third-order valence-electron chi connectivity index (χ3n) is 4.18. The largest absolute Gasteiger partial charge is 0.408 e. The summed E-state index contributed by atoms with van der Waals surface area (Å²) in [5.41, 5.74) is 1.83. The second-order valence-corrected chi connectivity index (χ2v) is 5.62. The van der Waals surface area contributed by atoms with Crippen molar-refractivity contribution in [1.82, 2.24) is 20.4 Å². The number of amides is 2. The van der Waals surface area contributed by atoms with E-state index in [2.05, 4.69) is 10.2 Å². The van der Waals surface area contributed by atoms with Crippen LogP contribution in [0.4, 0.5) is 13.2 Å². The van der Waals surface area contributed by atoms with E-state index in [9.17, 15) is 22.8 Å². The van der Waals surface area contributed by atoms with Crippen LogP contribution in [0.5, 0.6) is 0 Å². The van der Waals surface area contributed by atoms with Crippen molar-refractivity contribution in [1.29, 1.82) is 0 Å². The first kappa shape index (κ1) is 14.9. The minimum Gasteiger partial charge on any atom is -0.344 e. The van der Waals surface area contributed by atoms with Crippen molar-refractivity contribution < 1.29 is 22.8 Å². The van der Waals surface area contributed by atoms with Crippen molar-refractivity contribution >= 4 is 11.8 Å². The van der Waals surface area contributed by atoms with Gasteiger partial charge in [-0.1, -0.05) is 0 Å². The summed E-state index contributed by atoms with van der Waals surface area (Å²) in [6, 6.07) is -1.86. The molecule has 6 nitrogen and oxygen atoms in total. The van der Waals surface area contributed by atoms with E-state index in [-0.39, 0.29) is 12.8 Å². The summed E-state index contributed by atoms with van der Waals surface area (Å²) in [6.45, 7) is 0.762. The molecular formula is C13H15F3N4O2. The summed E-state index contributed by atoms with van der Waals surface area (Å²) >= 11 is 0. The maximum Gasteiger partial charge on any atom is 0.408 e. The van der Waals surface area contributed by atoms with E-state index >= 15 is 0 Å². The number of carbonyl (C=O) groups excluding carboxylic acids is 2. The molecule has 2 aliphatic rings. The van der Waals surface area contributed by atoms with Crippen molar-refractivity contribution in [2.24, 2.45) is 5.92 Å². The molecule has 0 aliphatic carbocycles. The minimum atomic E-state index is -4.47. The van der Waals surface area contributed by atoms with Gasteiger partial charge in [-0.15, -0.1) is 0 Å². The SMILES string of the molecule is O=C1NC(C(F)(F)F)CCC1C(=O)N1CCc2[nH]ncc2C1. The summed E-state index contributed by atoms with van der Waals surface area (Å²) in [4.78, 5) is 25.8. The Kier molecular flexibility index (Phi) is 3.57. The Labute approximate surface area is 124 Å². The van der Waals surface area contributed by atoms with Crippen molar-refractivity contribution in [2.75, 3.05) is 6.54 Å². The van der Waals surface area contributed by atoms with Crippen LogP contribution in [0.3, 0.4) is 0 Å². The van der Waals surface area contributed by atoms with E-state index in [0.717, 1.165) is 11.3 Å². The minimum absolute atomic E-state index is 0.0798. The number of aromatic amines is 1. The van der Waals surface area contributed by atoms with Gasteiger partial charge in [0.2, 0.25) is 11.8 Å². The molecule has 2 aliphatic heterocycles. The van der Waals surface area contributed by atoms with E-state index in [1.165, 1.54) is 4.90 Å². The van der Waals surface area contributed by atoms with Crippen LogP contribution in [0.15, 0.2) is 6.20 Å². The van der Waals surface area contributed by atoms with Gasteiger partial charge in [0.25, 0.3) is 0 Å². The number of carbonyl (C=O) groups is 2. The number of rotatable bonds is 1. The van der Waals surface area contributed by atoms with Crippen molar-refractivity contribution in [3.63, 3.8) is 0 Å². The number of halogens is 3. The molecule has 2 atom stereocenters. The molecule has 0 saturated carbocycles. The molecule has 3 heterocycles. The fourth-order valence-corrected chi connectivity index (χ4v) is 2.92. The molecule has 9 heteroatoms. The molecule has 2 N–H and O–H groups in total. The molecule has 2 unspecified atom stereocenters. The van der Waals surface area contributed by atoms with Gasteiger partial charge in [-0.2, -0.15) is 18.3 Å². The predicted octanol–water partition coefficient (Wildman–Crippen LogP) is 0.751. The van der Waals surface area contributed by atoms with Crippen LogP contribution in [0, 0.1) is 5.92 Å². The van der Waals surface area contributed by atoms with Crippen LogP contribution in [-0.4, -0.2) is 45.7 Å². The van der Waals surface area contributed by atoms with Crippen molar-refractivity contribution in [2.45, 2.75) is 38.0 Å². The molecule has 2 amide bonds. The molecule has 0 aromatic carbocycles. The first-order valence-corrected chi connectivity index (χ1v) is 7.03. The lowest BCUT2D eigenvalue weighted by Gasteiger charge is -2.34. The van der Waals surface area contributed by atoms with Gasteiger partial charge in [0.1, 0.15) is 12.0 Å². The highest BCUT2D eigenvalue weighted by molar-refractivity contribution is 6.01. The Morgan fingerprint density at radius 2 is 2.14 bits per heavy atom. The summed E-state index contributed by atoms with van der Waals surface area (Å²) < 4.78 is 37.8. The summed E-state index contributed by atoms with van der Waals surface area (Å²) in [7, 11) is 0. The monoisotopic (exact) mass is 316 g/mol.